The molecule has 0 saturated heterocycles. The number of methoxy groups -OCH3 is 1. The van der Waals surface area contributed by atoms with Crippen LogP contribution in [0.4, 0.5) is 5.69 Å². The Kier molecular flexibility index (Phi) is 4.71. The maximum absolute atomic E-state index is 11.7. The highest BCUT2D eigenvalue weighted by molar-refractivity contribution is 6.00. The molecule has 0 aliphatic carbocycles. The van der Waals surface area contributed by atoms with Gasteiger partial charge in [0.1, 0.15) is 5.75 Å². The maximum Gasteiger partial charge on any atom is 0.337 e. The zero-order valence-electron chi connectivity index (χ0n) is 10.7. The van der Waals surface area contributed by atoms with Gasteiger partial charge in [-0.3, -0.25) is 4.79 Å². The number of ether oxygens (including phenoxy) is 1. The van der Waals surface area contributed by atoms with Crippen molar-refractivity contribution in [2.45, 2.75) is 20.3 Å². The van der Waals surface area contributed by atoms with Crippen LogP contribution in [0, 0.1) is 5.92 Å². The van der Waals surface area contributed by atoms with E-state index < -0.39 is 5.97 Å². The summed E-state index contributed by atoms with van der Waals surface area (Å²) in [6.45, 7) is 3.84. The second-order valence-electron chi connectivity index (χ2n) is 4.36. The summed E-state index contributed by atoms with van der Waals surface area (Å²) in [5.41, 5.74) is 0.306. The molecule has 0 bridgehead atoms. The highest BCUT2D eigenvalue weighted by Gasteiger charge is 2.14. The van der Waals surface area contributed by atoms with Gasteiger partial charge in [-0.25, -0.2) is 4.79 Å². The van der Waals surface area contributed by atoms with Crippen LogP contribution in [0.5, 0.6) is 5.75 Å². The molecule has 5 nitrogen and oxygen atoms in total. The van der Waals surface area contributed by atoms with Gasteiger partial charge >= 0.3 is 5.97 Å². The second-order valence-corrected chi connectivity index (χ2v) is 4.36. The molecular formula is C13H17NO4. The van der Waals surface area contributed by atoms with E-state index in [1.165, 1.54) is 19.2 Å². The van der Waals surface area contributed by atoms with Crippen molar-refractivity contribution in [2.75, 3.05) is 12.4 Å². The molecule has 18 heavy (non-hydrogen) atoms. The highest BCUT2D eigenvalue weighted by Crippen LogP contribution is 2.23. The molecule has 5 heteroatoms. The van der Waals surface area contributed by atoms with Crippen molar-refractivity contribution in [3.8, 4) is 5.75 Å². The van der Waals surface area contributed by atoms with Crippen LogP contribution in [0.3, 0.4) is 0 Å². The van der Waals surface area contributed by atoms with Gasteiger partial charge in [-0.05, 0) is 18.1 Å². The second kappa shape index (κ2) is 6.05. The molecule has 0 spiro atoms. The minimum atomic E-state index is -1.09. The maximum atomic E-state index is 11.7. The number of amides is 1. The molecule has 0 heterocycles. The van der Waals surface area contributed by atoms with Gasteiger partial charge in [0.15, 0.2) is 0 Å². The summed E-state index contributed by atoms with van der Waals surface area (Å²) in [4.78, 5) is 22.7. The minimum absolute atomic E-state index is 0.0490. The summed E-state index contributed by atoms with van der Waals surface area (Å²) in [6, 6.07) is 4.45. The van der Waals surface area contributed by atoms with Crippen molar-refractivity contribution in [1.82, 2.24) is 0 Å². The van der Waals surface area contributed by atoms with Crippen LogP contribution in [0.15, 0.2) is 18.2 Å². The summed E-state index contributed by atoms with van der Waals surface area (Å²) in [7, 11) is 1.48. The van der Waals surface area contributed by atoms with Crippen molar-refractivity contribution < 1.29 is 19.4 Å². The van der Waals surface area contributed by atoms with E-state index in [1.54, 1.807) is 6.07 Å². The standard InChI is InChI=1S/C13H17NO4/c1-8(2)6-12(15)14-11-7-9(18-3)4-5-10(11)13(16)17/h4-5,7-8H,6H2,1-3H3,(H,14,15)(H,16,17). The topological polar surface area (TPSA) is 75.6 Å². The van der Waals surface area contributed by atoms with Crippen molar-refractivity contribution in [2.24, 2.45) is 5.92 Å². The summed E-state index contributed by atoms with van der Waals surface area (Å²) >= 11 is 0. The van der Waals surface area contributed by atoms with E-state index in [0.29, 0.717) is 12.2 Å². The van der Waals surface area contributed by atoms with Gasteiger partial charge in [0, 0.05) is 12.5 Å². The number of carbonyl (C=O) groups is 2. The molecule has 0 radical (unpaired) electrons. The number of carbonyl (C=O) groups excluding carboxylic acids is 1. The molecule has 1 rings (SSSR count). The molecule has 1 amide bonds. The Labute approximate surface area is 106 Å². The Bertz CT molecular complexity index is 454. The zero-order chi connectivity index (χ0) is 13.7. The van der Waals surface area contributed by atoms with E-state index in [4.69, 9.17) is 9.84 Å². The van der Waals surface area contributed by atoms with E-state index in [0.717, 1.165) is 0 Å². The normalized spacial score (nSPS) is 10.2. The van der Waals surface area contributed by atoms with Crippen molar-refractivity contribution in [3.05, 3.63) is 23.8 Å². The first kappa shape index (κ1) is 14.0. The third-order valence-electron chi connectivity index (χ3n) is 2.32. The van der Waals surface area contributed by atoms with Gasteiger partial charge in [-0.1, -0.05) is 13.8 Å². The predicted molar refractivity (Wildman–Crippen MR) is 68.0 cm³/mol. The molecule has 1 aromatic rings. The molecule has 2 N–H and O–H groups in total. The molecular weight excluding hydrogens is 234 g/mol. The number of carboxylic acids is 1. The van der Waals surface area contributed by atoms with Crippen LogP contribution in [0.2, 0.25) is 0 Å². The summed E-state index contributed by atoms with van der Waals surface area (Å²) < 4.78 is 5.01. The Hall–Kier alpha value is -2.04. The van der Waals surface area contributed by atoms with Crippen LogP contribution in [-0.2, 0) is 4.79 Å². The molecule has 0 aliphatic heterocycles. The molecule has 0 saturated carbocycles. The van der Waals surface area contributed by atoms with Crippen molar-refractivity contribution in [3.63, 3.8) is 0 Å². The number of benzene rings is 1. The van der Waals surface area contributed by atoms with Gasteiger partial charge in [0.25, 0.3) is 0 Å². The third kappa shape index (κ3) is 3.76. The van der Waals surface area contributed by atoms with Crippen molar-refractivity contribution in [1.29, 1.82) is 0 Å². The van der Waals surface area contributed by atoms with Crippen LogP contribution in [-0.4, -0.2) is 24.1 Å². The lowest BCUT2D eigenvalue weighted by atomic mass is 10.1. The lowest BCUT2D eigenvalue weighted by molar-refractivity contribution is -0.116. The zero-order valence-corrected chi connectivity index (χ0v) is 10.7. The van der Waals surface area contributed by atoms with Crippen LogP contribution in [0.25, 0.3) is 0 Å². The van der Waals surface area contributed by atoms with Gasteiger partial charge in [0.2, 0.25) is 5.91 Å². The fourth-order valence-electron chi connectivity index (χ4n) is 1.51. The predicted octanol–water partition coefficient (Wildman–Crippen LogP) is 2.38. The van der Waals surface area contributed by atoms with Crippen LogP contribution < -0.4 is 10.1 Å². The number of nitrogens with one attached hydrogen (secondary N) is 1. The van der Waals surface area contributed by atoms with E-state index in [1.807, 2.05) is 13.8 Å². The SMILES string of the molecule is COc1ccc(C(=O)O)c(NC(=O)CC(C)C)c1. The Morgan fingerprint density at radius 2 is 2.06 bits per heavy atom. The highest BCUT2D eigenvalue weighted by atomic mass is 16.5. The number of aromatic carboxylic acids is 1. The molecule has 0 unspecified atom stereocenters. The van der Waals surface area contributed by atoms with Gasteiger partial charge in [-0.2, -0.15) is 0 Å². The third-order valence-corrected chi connectivity index (χ3v) is 2.32. The monoisotopic (exact) mass is 251 g/mol. The van der Waals surface area contributed by atoms with Crippen LogP contribution in [0.1, 0.15) is 30.6 Å². The number of carboxylic acid groups (broad SMARTS) is 1. The largest absolute Gasteiger partial charge is 0.497 e. The van der Waals surface area contributed by atoms with E-state index in [-0.39, 0.29) is 23.1 Å². The first-order valence-electron chi connectivity index (χ1n) is 5.65. The number of rotatable bonds is 5. The number of hydrogen-bond donors (Lipinski definition) is 2. The minimum Gasteiger partial charge on any atom is -0.497 e. The van der Waals surface area contributed by atoms with Gasteiger partial charge < -0.3 is 15.2 Å². The number of hydrogen-bond acceptors (Lipinski definition) is 3. The lowest BCUT2D eigenvalue weighted by Crippen LogP contribution is -2.16. The Morgan fingerprint density at radius 1 is 1.39 bits per heavy atom. The average molecular weight is 251 g/mol. The molecule has 1 aromatic carbocycles. The first-order chi connectivity index (χ1) is 8.43. The molecule has 0 fully saturated rings. The Balaban J connectivity index is 2.97. The summed E-state index contributed by atoms with van der Waals surface area (Å²) in [5, 5.41) is 11.6. The smallest absolute Gasteiger partial charge is 0.337 e. The fraction of sp³-hybridized carbons (Fsp3) is 0.385. The fourth-order valence-corrected chi connectivity index (χ4v) is 1.51. The molecule has 0 aromatic heterocycles. The van der Waals surface area contributed by atoms with Gasteiger partial charge in [-0.15, -0.1) is 0 Å². The van der Waals surface area contributed by atoms with Crippen LogP contribution >= 0.6 is 0 Å². The quantitative estimate of drug-likeness (QED) is 0.842. The van der Waals surface area contributed by atoms with Gasteiger partial charge in [0.05, 0.1) is 18.4 Å². The summed E-state index contributed by atoms with van der Waals surface area (Å²) in [6.07, 6.45) is 0.344. The molecule has 0 aliphatic rings. The lowest BCUT2D eigenvalue weighted by Gasteiger charge is -2.11. The van der Waals surface area contributed by atoms with E-state index in [2.05, 4.69) is 5.32 Å². The Morgan fingerprint density at radius 3 is 2.56 bits per heavy atom. The average Bonchev–Trinajstić information content (AvgIpc) is 2.27. The molecule has 98 valence electrons. The molecule has 0 atom stereocenters. The summed E-state index contributed by atoms with van der Waals surface area (Å²) in [5.74, 6) is -0.581. The van der Waals surface area contributed by atoms with Crippen molar-refractivity contribution >= 4 is 17.6 Å². The number of anilines is 1. The first-order valence-corrected chi connectivity index (χ1v) is 5.65. The van der Waals surface area contributed by atoms with E-state index in [9.17, 15) is 9.59 Å². The van der Waals surface area contributed by atoms with E-state index >= 15 is 0 Å².